The molecule has 0 radical (unpaired) electrons. The second-order valence-electron chi connectivity index (χ2n) is 2.95. The number of aliphatic hydroxyl groups excluding tert-OH is 1. The van der Waals surface area contributed by atoms with Crippen molar-refractivity contribution in [2.24, 2.45) is 0 Å². The summed E-state index contributed by atoms with van der Waals surface area (Å²) in [7, 11) is 0. The van der Waals surface area contributed by atoms with Crippen LogP contribution in [0.2, 0.25) is 0 Å². The van der Waals surface area contributed by atoms with E-state index in [0.717, 1.165) is 5.69 Å². The Bertz CT molecular complexity index is 328. The third-order valence-electron chi connectivity index (χ3n) is 1.75. The van der Waals surface area contributed by atoms with E-state index < -0.39 is 0 Å². The Morgan fingerprint density at radius 3 is 3.13 bits per heavy atom. The van der Waals surface area contributed by atoms with Crippen molar-refractivity contribution in [3.05, 3.63) is 24.0 Å². The Labute approximate surface area is 88.1 Å². The minimum atomic E-state index is -0.257. The summed E-state index contributed by atoms with van der Waals surface area (Å²) >= 11 is 0. The largest absolute Gasteiger partial charge is 0.482 e. The molecule has 0 bridgehead atoms. The molecule has 1 amide bonds. The van der Waals surface area contributed by atoms with Crippen LogP contribution in [0.5, 0.6) is 5.75 Å². The Hall–Kier alpha value is -1.62. The molecule has 0 saturated heterocycles. The fourth-order valence-corrected chi connectivity index (χ4v) is 1.01. The van der Waals surface area contributed by atoms with Crippen molar-refractivity contribution in [1.82, 2.24) is 10.3 Å². The molecule has 0 unspecified atom stereocenters. The van der Waals surface area contributed by atoms with Gasteiger partial charge in [0.05, 0.1) is 12.3 Å². The summed E-state index contributed by atoms with van der Waals surface area (Å²) in [6.07, 6.45) is 1.66. The van der Waals surface area contributed by atoms with Crippen molar-refractivity contribution < 1.29 is 14.6 Å². The summed E-state index contributed by atoms with van der Waals surface area (Å²) < 4.78 is 5.24. The quantitative estimate of drug-likeness (QED) is 0.710. The predicted octanol–water partition coefficient (Wildman–Crippen LogP) is -0.123. The zero-order valence-corrected chi connectivity index (χ0v) is 8.56. The highest BCUT2D eigenvalue weighted by atomic mass is 16.5. The SMILES string of the molecule is Cc1ncccc1OCC(=O)NCCO. The number of hydrogen-bond acceptors (Lipinski definition) is 4. The highest BCUT2D eigenvalue weighted by molar-refractivity contribution is 5.77. The van der Waals surface area contributed by atoms with Gasteiger partial charge in [-0.15, -0.1) is 0 Å². The van der Waals surface area contributed by atoms with E-state index in [9.17, 15) is 4.79 Å². The second kappa shape index (κ2) is 5.98. The van der Waals surface area contributed by atoms with Crippen LogP contribution >= 0.6 is 0 Å². The van der Waals surface area contributed by atoms with Gasteiger partial charge in [-0.1, -0.05) is 0 Å². The van der Waals surface area contributed by atoms with Crippen LogP contribution in [0.1, 0.15) is 5.69 Å². The molecule has 1 aromatic heterocycles. The van der Waals surface area contributed by atoms with Crippen molar-refractivity contribution in [2.45, 2.75) is 6.92 Å². The molecular formula is C10H14N2O3. The van der Waals surface area contributed by atoms with Crippen LogP contribution < -0.4 is 10.1 Å². The minimum absolute atomic E-state index is 0.0630. The third kappa shape index (κ3) is 3.95. The Morgan fingerprint density at radius 2 is 2.47 bits per heavy atom. The van der Waals surface area contributed by atoms with E-state index >= 15 is 0 Å². The molecule has 1 heterocycles. The van der Waals surface area contributed by atoms with Gasteiger partial charge in [0.2, 0.25) is 0 Å². The molecule has 0 saturated carbocycles. The van der Waals surface area contributed by atoms with Gasteiger partial charge in [-0.05, 0) is 19.1 Å². The maximum atomic E-state index is 11.1. The maximum absolute atomic E-state index is 11.1. The molecule has 5 heteroatoms. The van der Waals surface area contributed by atoms with Crippen molar-refractivity contribution in [1.29, 1.82) is 0 Å². The molecule has 1 rings (SSSR count). The van der Waals surface area contributed by atoms with Gasteiger partial charge in [-0.2, -0.15) is 0 Å². The number of pyridine rings is 1. The lowest BCUT2D eigenvalue weighted by atomic mass is 10.3. The standard InChI is InChI=1S/C10H14N2O3/c1-8-9(3-2-4-11-8)15-7-10(14)12-5-6-13/h2-4,13H,5-7H2,1H3,(H,12,14). The van der Waals surface area contributed by atoms with E-state index in [2.05, 4.69) is 10.3 Å². The number of carbonyl (C=O) groups excluding carboxylic acids is 1. The molecule has 0 fully saturated rings. The van der Waals surface area contributed by atoms with Crippen molar-refractivity contribution in [3.63, 3.8) is 0 Å². The van der Waals surface area contributed by atoms with Gasteiger partial charge < -0.3 is 15.2 Å². The van der Waals surface area contributed by atoms with E-state index in [1.807, 2.05) is 0 Å². The van der Waals surface area contributed by atoms with Gasteiger partial charge in [-0.25, -0.2) is 0 Å². The van der Waals surface area contributed by atoms with Gasteiger partial charge in [0.25, 0.3) is 5.91 Å². The number of ether oxygens (including phenoxy) is 1. The number of hydrogen-bond donors (Lipinski definition) is 2. The summed E-state index contributed by atoms with van der Waals surface area (Å²) in [5, 5.41) is 11.0. The van der Waals surface area contributed by atoms with Crippen LogP contribution in [0, 0.1) is 6.92 Å². The molecule has 0 aliphatic carbocycles. The van der Waals surface area contributed by atoms with Gasteiger partial charge in [0.1, 0.15) is 5.75 Å². The lowest BCUT2D eigenvalue weighted by Gasteiger charge is -2.07. The first-order valence-corrected chi connectivity index (χ1v) is 4.66. The van der Waals surface area contributed by atoms with Gasteiger partial charge >= 0.3 is 0 Å². The number of nitrogens with one attached hydrogen (secondary N) is 1. The number of carbonyl (C=O) groups is 1. The molecule has 1 aromatic rings. The normalized spacial score (nSPS) is 9.73. The molecule has 2 N–H and O–H groups in total. The predicted molar refractivity (Wildman–Crippen MR) is 54.6 cm³/mol. The molecule has 0 aliphatic heterocycles. The summed E-state index contributed by atoms with van der Waals surface area (Å²) in [6.45, 7) is 1.92. The molecule has 0 aromatic carbocycles. The van der Waals surface area contributed by atoms with E-state index in [0.29, 0.717) is 5.75 Å². The summed E-state index contributed by atoms with van der Waals surface area (Å²) in [5.41, 5.74) is 0.743. The Kier molecular flexibility index (Phi) is 4.56. The van der Waals surface area contributed by atoms with Crippen molar-refractivity contribution >= 4 is 5.91 Å². The number of aromatic nitrogens is 1. The van der Waals surface area contributed by atoms with E-state index in [-0.39, 0.29) is 25.7 Å². The van der Waals surface area contributed by atoms with E-state index in [1.54, 1.807) is 25.3 Å². The van der Waals surface area contributed by atoms with Crippen LogP contribution in [0.15, 0.2) is 18.3 Å². The monoisotopic (exact) mass is 210 g/mol. The van der Waals surface area contributed by atoms with Crippen LogP contribution in [0.25, 0.3) is 0 Å². The van der Waals surface area contributed by atoms with Gasteiger partial charge in [-0.3, -0.25) is 9.78 Å². The lowest BCUT2D eigenvalue weighted by Crippen LogP contribution is -2.31. The fraction of sp³-hybridized carbons (Fsp3) is 0.400. The minimum Gasteiger partial charge on any atom is -0.482 e. The molecule has 0 atom stereocenters. The summed E-state index contributed by atoms with van der Waals surface area (Å²) in [5.74, 6) is 0.337. The van der Waals surface area contributed by atoms with Crippen LogP contribution in [0.3, 0.4) is 0 Å². The molecular weight excluding hydrogens is 196 g/mol. The van der Waals surface area contributed by atoms with Crippen molar-refractivity contribution in [3.8, 4) is 5.75 Å². The first kappa shape index (κ1) is 11.5. The highest BCUT2D eigenvalue weighted by Gasteiger charge is 2.03. The van der Waals surface area contributed by atoms with Crippen molar-refractivity contribution in [2.75, 3.05) is 19.8 Å². The highest BCUT2D eigenvalue weighted by Crippen LogP contribution is 2.12. The smallest absolute Gasteiger partial charge is 0.258 e. The first-order chi connectivity index (χ1) is 7.24. The molecule has 15 heavy (non-hydrogen) atoms. The average Bonchev–Trinajstić information content (AvgIpc) is 2.25. The molecule has 0 aliphatic rings. The number of aryl methyl sites for hydroxylation is 1. The van der Waals surface area contributed by atoms with E-state index in [4.69, 9.17) is 9.84 Å². The summed E-state index contributed by atoms with van der Waals surface area (Å²) in [6, 6.07) is 3.50. The first-order valence-electron chi connectivity index (χ1n) is 4.66. The number of rotatable bonds is 5. The van der Waals surface area contributed by atoms with Crippen LogP contribution in [0.4, 0.5) is 0 Å². The summed E-state index contributed by atoms with van der Waals surface area (Å²) in [4.78, 5) is 15.1. The lowest BCUT2D eigenvalue weighted by molar-refractivity contribution is -0.123. The molecule has 82 valence electrons. The average molecular weight is 210 g/mol. The fourth-order valence-electron chi connectivity index (χ4n) is 1.01. The topological polar surface area (TPSA) is 71.5 Å². The number of nitrogens with zero attached hydrogens (tertiary/aromatic N) is 1. The van der Waals surface area contributed by atoms with Crippen LogP contribution in [-0.2, 0) is 4.79 Å². The molecule has 5 nitrogen and oxygen atoms in total. The Balaban J connectivity index is 2.37. The van der Waals surface area contributed by atoms with Crippen LogP contribution in [-0.4, -0.2) is 35.8 Å². The number of amides is 1. The van der Waals surface area contributed by atoms with Gasteiger partial charge in [0.15, 0.2) is 6.61 Å². The zero-order chi connectivity index (χ0) is 11.1. The van der Waals surface area contributed by atoms with E-state index in [1.165, 1.54) is 0 Å². The maximum Gasteiger partial charge on any atom is 0.258 e. The molecule has 0 spiro atoms. The second-order valence-corrected chi connectivity index (χ2v) is 2.95. The Morgan fingerprint density at radius 1 is 1.67 bits per heavy atom. The third-order valence-corrected chi connectivity index (χ3v) is 1.75. The van der Waals surface area contributed by atoms with Gasteiger partial charge in [0, 0.05) is 12.7 Å². The number of aliphatic hydroxyl groups is 1. The zero-order valence-electron chi connectivity index (χ0n) is 8.56.